The zero-order valence-electron chi connectivity index (χ0n) is 11.3. The molecule has 2 aromatic rings. The molecular formula is C16H14F2N2O. The first kappa shape index (κ1) is 13.7. The fourth-order valence-electron chi connectivity index (χ4n) is 2.25. The SMILES string of the molecule is O=C(c1ccc(F)nc1)N(Cc1cccc(F)c1)C1CC1. The van der Waals surface area contributed by atoms with Gasteiger partial charge in [0.1, 0.15) is 5.82 Å². The van der Waals surface area contributed by atoms with Crippen molar-refractivity contribution in [3.8, 4) is 0 Å². The third kappa shape index (κ3) is 3.24. The van der Waals surface area contributed by atoms with Gasteiger partial charge >= 0.3 is 0 Å². The van der Waals surface area contributed by atoms with E-state index in [0.29, 0.717) is 12.1 Å². The lowest BCUT2D eigenvalue weighted by atomic mass is 10.1. The van der Waals surface area contributed by atoms with Gasteiger partial charge in [-0.05, 0) is 42.7 Å². The average molecular weight is 288 g/mol. The third-order valence-electron chi connectivity index (χ3n) is 3.46. The Morgan fingerprint density at radius 1 is 1.24 bits per heavy atom. The molecule has 1 heterocycles. The molecule has 1 fully saturated rings. The van der Waals surface area contributed by atoms with Gasteiger partial charge < -0.3 is 4.90 Å². The van der Waals surface area contributed by atoms with Gasteiger partial charge in [-0.3, -0.25) is 4.79 Å². The monoisotopic (exact) mass is 288 g/mol. The Morgan fingerprint density at radius 2 is 2.05 bits per heavy atom. The number of aromatic nitrogens is 1. The summed E-state index contributed by atoms with van der Waals surface area (Å²) in [6, 6.07) is 8.97. The van der Waals surface area contributed by atoms with Gasteiger partial charge in [0, 0.05) is 18.8 Å². The van der Waals surface area contributed by atoms with Crippen LogP contribution in [0, 0.1) is 11.8 Å². The van der Waals surface area contributed by atoms with E-state index in [0.717, 1.165) is 18.4 Å². The molecule has 3 rings (SSSR count). The smallest absolute Gasteiger partial charge is 0.255 e. The van der Waals surface area contributed by atoms with Crippen molar-refractivity contribution in [1.29, 1.82) is 0 Å². The van der Waals surface area contributed by atoms with Crippen LogP contribution in [-0.4, -0.2) is 21.8 Å². The summed E-state index contributed by atoms with van der Waals surface area (Å²) in [6.45, 7) is 0.346. The van der Waals surface area contributed by atoms with Crippen LogP contribution in [0.25, 0.3) is 0 Å². The van der Waals surface area contributed by atoms with Gasteiger partial charge in [-0.1, -0.05) is 12.1 Å². The van der Waals surface area contributed by atoms with Crippen LogP contribution in [-0.2, 0) is 6.54 Å². The number of halogens is 2. The van der Waals surface area contributed by atoms with Crippen LogP contribution in [0.3, 0.4) is 0 Å². The minimum absolute atomic E-state index is 0.172. The standard InChI is InChI=1S/C16H14F2N2O/c17-13-3-1-2-11(8-13)10-20(14-5-6-14)16(21)12-4-7-15(18)19-9-12/h1-4,7-9,14H,5-6,10H2. The normalized spacial score (nSPS) is 14.0. The fourth-order valence-corrected chi connectivity index (χ4v) is 2.25. The second kappa shape index (κ2) is 5.60. The van der Waals surface area contributed by atoms with Gasteiger partial charge in [-0.25, -0.2) is 9.37 Å². The predicted molar refractivity (Wildman–Crippen MR) is 73.5 cm³/mol. The van der Waals surface area contributed by atoms with E-state index in [1.165, 1.54) is 30.5 Å². The van der Waals surface area contributed by atoms with Crippen molar-refractivity contribution in [2.75, 3.05) is 0 Å². The Morgan fingerprint density at radius 3 is 2.67 bits per heavy atom. The molecule has 0 N–H and O–H groups in total. The molecule has 1 saturated carbocycles. The minimum Gasteiger partial charge on any atom is -0.331 e. The molecule has 0 spiro atoms. The minimum atomic E-state index is -0.616. The molecule has 1 aromatic carbocycles. The zero-order valence-corrected chi connectivity index (χ0v) is 11.3. The lowest BCUT2D eigenvalue weighted by molar-refractivity contribution is 0.0729. The number of carbonyl (C=O) groups excluding carboxylic acids is 1. The number of amides is 1. The van der Waals surface area contributed by atoms with Crippen molar-refractivity contribution in [2.24, 2.45) is 0 Å². The molecule has 5 heteroatoms. The lowest BCUT2D eigenvalue weighted by Gasteiger charge is -2.22. The van der Waals surface area contributed by atoms with Crippen molar-refractivity contribution < 1.29 is 13.6 Å². The Balaban J connectivity index is 1.81. The van der Waals surface area contributed by atoms with Gasteiger partial charge in [0.15, 0.2) is 0 Å². The summed E-state index contributed by atoms with van der Waals surface area (Å²) >= 11 is 0. The van der Waals surface area contributed by atoms with Crippen LogP contribution in [0.1, 0.15) is 28.8 Å². The summed E-state index contributed by atoms with van der Waals surface area (Å²) in [5.41, 5.74) is 1.09. The maximum Gasteiger partial charge on any atom is 0.255 e. The van der Waals surface area contributed by atoms with Crippen LogP contribution in [0.5, 0.6) is 0 Å². The summed E-state index contributed by atoms with van der Waals surface area (Å²) in [7, 11) is 0. The number of carbonyl (C=O) groups is 1. The van der Waals surface area contributed by atoms with Crippen LogP contribution >= 0.6 is 0 Å². The van der Waals surface area contributed by atoms with E-state index in [-0.39, 0.29) is 17.8 Å². The van der Waals surface area contributed by atoms with Crippen molar-refractivity contribution in [1.82, 2.24) is 9.88 Å². The second-order valence-corrected chi connectivity index (χ2v) is 5.16. The molecular weight excluding hydrogens is 274 g/mol. The number of hydrogen-bond acceptors (Lipinski definition) is 2. The van der Waals surface area contributed by atoms with Crippen molar-refractivity contribution in [3.63, 3.8) is 0 Å². The Labute approximate surface area is 121 Å². The maximum absolute atomic E-state index is 13.2. The van der Waals surface area contributed by atoms with Crippen LogP contribution in [0.15, 0.2) is 42.6 Å². The summed E-state index contributed by atoms with van der Waals surface area (Å²) in [5, 5.41) is 0. The van der Waals surface area contributed by atoms with Gasteiger partial charge in [-0.15, -0.1) is 0 Å². The first-order valence-electron chi connectivity index (χ1n) is 6.80. The Hall–Kier alpha value is -2.30. The molecule has 1 aliphatic rings. The summed E-state index contributed by atoms with van der Waals surface area (Å²) in [6.07, 6.45) is 3.12. The fraction of sp³-hybridized carbons (Fsp3) is 0.250. The zero-order chi connectivity index (χ0) is 14.8. The van der Waals surface area contributed by atoms with Crippen LogP contribution in [0.2, 0.25) is 0 Å². The average Bonchev–Trinajstić information content (AvgIpc) is 3.29. The summed E-state index contributed by atoms with van der Waals surface area (Å²) < 4.78 is 26.1. The Kier molecular flexibility index (Phi) is 3.64. The topological polar surface area (TPSA) is 33.2 Å². The van der Waals surface area contributed by atoms with Gasteiger partial charge in [0.2, 0.25) is 5.95 Å². The van der Waals surface area contributed by atoms with E-state index >= 15 is 0 Å². The number of nitrogens with zero attached hydrogens (tertiary/aromatic N) is 2. The largest absolute Gasteiger partial charge is 0.331 e. The van der Waals surface area contributed by atoms with Crippen molar-refractivity contribution in [2.45, 2.75) is 25.4 Å². The number of hydrogen-bond donors (Lipinski definition) is 0. The van der Waals surface area contributed by atoms with Gasteiger partial charge in [0.25, 0.3) is 5.91 Å². The number of pyridine rings is 1. The first-order valence-corrected chi connectivity index (χ1v) is 6.80. The molecule has 3 nitrogen and oxygen atoms in total. The summed E-state index contributed by atoms with van der Waals surface area (Å²) in [4.78, 5) is 17.7. The molecule has 0 saturated heterocycles. The van der Waals surface area contributed by atoms with Crippen molar-refractivity contribution in [3.05, 3.63) is 65.5 Å². The molecule has 0 radical (unpaired) electrons. The molecule has 1 aromatic heterocycles. The molecule has 0 bridgehead atoms. The van der Waals surface area contributed by atoms with Gasteiger partial charge in [0.05, 0.1) is 5.56 Å². The van der Waals surface area contributed by atoms with Crippen LogP contribution < -0.4 is 0 Å². The van der Waals surface area contributed by atoms with E-state index in [1.54, 1.807) is 17.0 Å². The van der Waals surface area contributed by atoms with Gasteiger partial charge in [-0.2, -0.15) is 4.39 Å². The molecule has 108 valence electrons. The number of benzene rings is 1. The highest BCUT2D eigenvalue weighted by molar-refractivity contribution is 5.94. The van der Waals surface area contributed by atoms with E-state index in [9.17, 15) is 13.6 Å². The third-order valence-corrected chi connectivity index (χ3v) is 3.46. The summed E-state index contributed by atoms with van der Waals surface area (Å²) in [5.74, 6) is -1.14. The quantitative estimate of drug-likeness (QED) is 0.810. The molecule has 1 aliphatic carbocycles. The van der Waals surface area contributed by atoms with E-state index in [2.05, 4.69) is 4.98 Å². The predicted octanol–water partition coefficient (Wildman–Crippen LogP) is 3.16. The highest BCUT2D eigenvalue weighted by atomic mass is 19.1. The van der Waals surface area contributed by atoms with E-state index in [1.807, 2.05) is 0 Å². The molecule has 0 atom stereocenters. The van der Waals surface area contributed by atoms with E-state index in [4.69, 9.17) is 0 Å². The lowest BCUT2D eigenvalue weighted by Crippen LogP contribution is -2.32. The highest BCUT2D eigenvalue weighted by Gasteiger charge is 2.33. The molecule has 0 unspecified atom stereocenters. The van der Waals surface area contributed by atoms with Crippen LogP contribution in [0.4, 0.5) is 8.78 Å². The number of rotatable bonds is 4. The maximum atomic E-state index is 13.2. The Bertz CT molecular complexity index is 654. The molecule has 0 aliphatic heterocycles. The molecule has 1 amide bonds. The highest BCUT2D eigenvalue weighted by Crippen LogP contribution is 2.29. The van der Waals surface area contributed by atoms with Crippen molar-refractivity contribution >= 4 is 5.91 Å². The first-order chi connectivity index (χ1) is 10.1. The molecule has 21 heavy (non-hydrogen) atoms. The van der Waals surface area contributed by atoms with E-state index < -0.39 is 5.95 Å². The second-order valence-electron chi connectivity index (χ2n) is 5.16.